The van der Waals surface area contributed by atoms with E-state index in [9.17, 15) is 18.8 Å². The van der Waals surface area contributed by atoms with Crippen molar-refractivity contribution >= 4 is 40.8 Å². The Morgan fingerprint density at radius 3 is 2.24 bits per heavy atom. The molecule has 0 saturated heterocycles. The Kier molecular flexibility index (Phi) is 5.98. The van der Waals surface area contributed by atoms with Gasteiger partial charge in [0.05, 0.1) is 11.3 Å². The Morgan fingerprint density at radius 1 is 0.939 bits per heavy atom. The zero-order valence-corrected chi connectivity index (χ0v) is 18.4. The molecule has 1 N–H and O–H groups in total. The highest BCUT2D eigenvalue weighted by molar-refractivity contribution is 6.53. The van der Waals surface area contributed by atoms with Gasteiger partial charge in [0.1, 0.15) is 22.3 Å². The van der Waals surface area contributed by atoms with E-state index in [0.717, 1.165) is 16.0 Å². The van der Waals surface area contributed by atoms with Crippen molar-refractivity contribution in [1.82, 2.24) is 0 Å². The predicted molar refractivity (Wildman–Crippen MR) is 123 cm³/mol. The van der Waals surface area contributed by atoms with Crippen LogP contribution in [0.2, 0.25) is 0 Å². The van der Waals surface area contributed by atoms with Crippen LogP contribution in [0.4, 0.5) is 15.8 Å². The summed E-state index contributed by atoms with van der Waals surface area (Å²) in [6, 6.07) is 16.6. The SMILES string of the molecule is Cc1ccc(N2C(=O)C(Cl)=C(Nc3ccc(C(=O)Oc4ccc(F)cc4)cc3)C2=O)c(C)c1. The third-order valence-electron chi connectivity index (χ3n) is 5.03. The number of ether oxygens (including phenoxy) is 1. The van der Waals surface area contributed by atoms with Gasteiger partial charge in [0.2, 0.25) is 0 Å². The van der Waals surface area contributed by atoms with Crippen LogP contribution in [0, 0.1) is 19.7 Å². The number of benzene rings is 3. The Bertz CT molecular complexity index is 1300. The second-order valence-electron chi connectivity index (χ2n) is 7.47. The summed E-state index contributed by atoms with van der Waals surface area (Å²) in [6.07, 6.45) is 0. The zero-order valence-electron chi connectivity index (χ0n) is 17.7. The molecule has 0 saturated carbocycles. The van der Waals surface area contributed by atoms with Crippen LogP contribution in [0.1, 0.15) is 21.5 Å². The van der Waals surface area contributed by atoms with Crippen LogP contribution in [-0.2, 0) is 9.59 Å². The van der Waals surface area contributed by atoms with Crippen molar-refractivity contribution in [3.05, 3.63) is 100.0 Å². The number of esters is 1. The number of hydrogen-bond donors (Lipinski definition) is 1. The second-order valence-corrected chi connectivity index (χ2v) is 7.85. The number of halogens is 2. The lowest BCUT2D eigenvalue weighted by Gasteiger charge is -2.18. The number of carbonyl (C=O) groups excluding carboxylic acids is 3. The van der Waals surface area contributed by atoms with E-state index in [4.69, 9.17) is 16.3 Å². The maximum absolute atomic E-state index is 13.0. The molecule has 6 nitrogen and oxygen atoms in total. The molecule has 0 aliphatic carbocycles. The Morgan fingerprint density at radius 2 is 1.61 bits per heavy atom. The summed E-state index contributed by atoms with van der Waals surface area (Å²) in [5.41, 5.74) is 2.88. The monoisotopic (exact) mass is 464 g/mol. The number of rotatable bonds is 5. The molecule has 0 radical (unpaired) electrons. The van der Waals surface area contributed by atoms with Crippen LogP contribution in [-0.4, -0.2) is 17.8 Å². The Hall–Kier alpha value is -3.97. The third kappa shape index (κ3) is 4.49. The largest absolute Gasteiger partial charge is 0.423 e. The normalized spacial score (nSPS) is 13.5. The van der Waals surface area contributed by atoms with Crippen molar-refractivity contribution < 1.29 is 23.5 Å². The van der Waals surface area contributed by atoms with Crippen molar-refractivity contribution in [1.29, 1.82) is 0 Å². The molecule has 166 valence electrons. The maximum Gasteiger partial charge on any atom is 0.343 e. The van der Waals surface area contributed by atoms with Crippen LogP contribution in [0.3, 0.4) is 0 Å². The number of aryl methyl sites for hydroxylation is 2. The average Bonchev–Trinajstić information content (AvgIpc) is 2.99. The smallest absolute Gasteiger partial charge is 0.343 e. The first kappa shape index (κ1) is 22.2. The number of hydrogen-bond acceptors (Lipinski definition) is 5. The van der Waals surface area contributed by atoms with Gasteiger partial charge in [-0.25, -0.2) is 14.1 Å². The molecule has 0 atom stereocenters. The van der Waals surface area contributed by atoms with E-state index in [1.54, 1.807) is 18.2 Å². The number of carbonyl (C=O) groups is 3. The molecule has 3 aromatic carbocycles. The van der Waals surface area contributed by atoms with E-state index in [2.05, 4.69) is 5.32 Å². The van der Waals surface area contributed by atoms with Crippen molar-refractivity contribution in [2.45, 2.75) is 13.8 Å². The molecule has 1 aliphatic heterocycles. The van der Waals surface area contributed by atoms with Crippen LogP contribution in [0.25, 0.3) is 0 Å². The molecular weight excluding hydrogens is 447 g/mol. The van der Waals surface area contributed by atoms with E-state index in [0.29, 0.717) is 11.4 Å². The summed E-state index contributed by atoms with van der Waals surface area (Å²) in [4.78, 5) is 39.0. The standard InChI is InChI=1S/C25H18ClFN2O4/c1-14-3-12-20(15(2)13-14)29-23(30)21(26)22(24(29)31)28-18-8-4-16(5-9-18)25(32)33-19-10-6-17(27)7-11-19/h3-13,28H,1-2H3. The quantitative estimate of drug-likeness (QED) is 0.323. The minimum absolute atomic E-state index is 0.0525. The number of anilines is 2. The molecular formula is C25H18ClFN2O4. The van der Waals surface area contributed by atoms with Gasteiger partial charge in [-0.15, -0.1) is 0 Å². The third-order valence-corrected chi connectivity index (χ3v) is 5.39. The highest BCUT2D eigenvalue weighted by Crippen LogP contribution is 2.32. The molecule has 2 amide bonds. The molecule has 4 rings (SSSR count). The van der Waals surface area contributed by atoms with Crippen LogP contribution in [0.5, 0.6) is 5.75 Å². The van der Waals surface area contributed by atoms with Gasteiger partial charge in [-0.2, -0.15) is 0 Å². The lowest BCUT2D eigenvalue weighted by Crippen LogP contribution is -2.32. The van der Waals surface area contributed by atoms with E-state index in [1.807, 2.05) is 26.0 Å². The minimum Gasteiger partial charge on any atom is -0.423 e. The van der Waals surface area contributed by atoms with E-state index < -0.39 is 23.6 Å². The van der Waals surface area contributed by atoms with Crippen LogP contribution < -0.4 is 15.0 Å². The Labute approximate surface area is 194 Å². The van der Waals surface area contributed by atoms with Gasteiger partial charge in [-0.1, -0.05) is 29.3 Å². The predicted octanol–water partition coefficient (Wildman–Crippen LogP) is 5.10. The summed E-state index contributed by atoms with van der Waals surface area (Å²) in [6.45, 7) is 3.73. The zero-order chi connectivity index (χ0) is 23.7. The van der Waals surface area contributed by atoms with Gasteiger partial charge in [0, 0.05) is 5.69 Å². The van der Waals surface area contributed by atoms with Gasteiger partial charge in [-0.05, 0) is 74.0 Å². The number of nitrogens with one attached hydrogen (secondary N) is 1. The van der Waals surface area contributed by atoms with Crippen molar-refractivity contribution in [3.8, 4) is 5.75 Å². The van der Waals surface area contributed by atoms with Gasteiger partial charge < -0.3 is 10.1 Å². The molecule has 0 aromatic heterocycles. The molecule has 3 aromatic rings. The highest BCUT2D eigenvalue weighted by Gasteiger charge is 2.39. The number of amides is 2. The molecule has 1 heterocycles. The van der Waals surface area contributed by atoms with Crippen molar-refractivity contribution in [3.63, 3.8) is 0 Å². The number of imide groups is 1. The van der Waals surface area contributed by atoms with Gasteiger partial charge in [0.15, 0.2) is 0 Å². The molecule has 0 unspecified atom stereocenters. The lowest BCUT2D eigenvalue weighted by molar-refractivity contribution is -0.120. The fraction of sp³-hybridized carbons (Fsp3) is 0.0800. The van der Waals surface area contributed by atoms with E-state index >= 15 is 0 Å². The fourth-order valence-electron chi connectivity index (χ4n) is 3.39. The van der Waals surface area contributed by atoms with Gasteiger partial charge in [0.25, 0.3) is 11.8 Å². The summed E-state index contributed by atoms with van der Waals surface area (Å²) >= 11 is 6.19. The Balaban J connectivity index is 1.49. The maximum atomic E-state index is 13.0. The summed E-state index contributed by atoms with van der Waals surface area (Å²) in [7, 11) is 0. The molecule has 0 fully saturated rings. The second kappa shape index (κ2) is 8.88. The molecule has 8 heteroatoms. The highest BCUT2D eigenvalue weighted by atomic mass is 35.5. The minimum atomic E-state index is -0.626. The summed E-state index contributed by atoms with van der Waals surface area (Å²) < 4.78 is 18.2. The molecule has 33 heavy (non-hydrogen) atoms. The molecule has 0 spiro atoms. The average molecular weight is 465 g/mol. The fourth-order valence-corrected chi connectivity index (χ4v) is 3.60. The molecule has 1 aliphatic rings. The van der Waals surface area contributed by atoms with Gasteiger partial charge in [-0.3, -0.25) is 9.59 Å². The van der Waals surface area contributed by atoms with Gasteiger partial charge >= 0.3 is 5.97 Å². The summed E-state index contributed by atoms with van der Waals surface area (Å²) in [5, 5.41) is 2.64. The first-order valence-corrected chi connectivity index (χ1v) is 10.3. The van der Waals surface area contributed by atoms with Crippen molar-refractivity contribution in [2.75, 3.05) is 10.2 Å². The first-order valence-electron chi connectivity index (χ1n) is 9.95. The molecule has 0 bridgehead atoms. The first-order chi connectivity index (χ1) is 15.7. The lowest BCUT2D eigenvalue weighted by atomic mass is 10.1. The van der Waals surface area contributed by atoms with Crippen LogP contribution in [0.15, 0.2) is 77.5 Å². The van der Waals surface area contributed by atoms with E-state index in [-0.39, 0.29) is 22.0 Å². The van der Waals surface area contributed by atoms with Crippen LogP contribution >= 0.6 is 11.6 Å². The number of nitrogens with zero attached hydrogens (tertiary/aromatic N) is 1. The topological polar surface area (TPSA) is 75.7 Å². The summed E-state index contributed by atoms with van der Waals surface area (Å²) in [5.74, 6) is -2.04. The van der Waals surface area contributed by atoms with Crippen molar-refractivity contribution in [2.24, 2.45) is 0 Å². The van der Waals surface area contributed by atoms with E-state index in [1.165, 1.54) is 36.4 Å².